The third-order valence-corrected chi connectivity index (χ3v) is 2.80. The van der Waals surface area contributed by atoms with Gasteiger partial charge in [-0.3, -0.25) is 4.98 Å². The summed E-state index contributed by atoms with van der Waals surface area (Å²) in [4.78, 5) is 10.9. The zero-order valence-corrected chi connectivity index (χ0v) is 9.69. The van der Waals surface area contributed by atoms with Crippen molar-refractivity contribution in [2.75, 3.05) is 16.9 Å². The van der Waals surface area contributed by atoms with Crippen LogP contribution in [0.15, 0.2) is 12.4 Å². The van der Waals surface area contributed by atoms with Gasteiger partial charge in [0.2, 0.25) is 0 Å². The predicted molar refractivity (Wildman–Crippen MR) is 65.1 cm³/mol. The number of anilines is 2. The summed E-state index contributed by atoms with van der Waals surface area (Å²) in [7, 11) is 0. The van der Waals surface area contributed by atoms with E-state index in [2.05, 4.69) is 27.2 Å². The monoisotopic (exact) mass is 221 g/mol. The molecule has 2 rings (SSSR count). The van der Waals surface area contributed by atoms with Crippen LogP contribution in [0.25, 0.3) is 0 Å². The zero-order valence-electron chi connectivity index (χ0n) is 9.69. The molecule has 1 aliphatic carbocycles. The molecule has 1 aliphatic rings. The van der Waals surface area contributed by atoms with Gasteiger partial charge in [-0.05, 0) is 19.3 Å². The smallest absolute Gasteiger partial charge is 0.160 e. The molecule has 0 bridgehead atoms. The van der Waals surface area contributed by atoms with Gasteiger partial charge in [-0.1, -0.05) is 13.3 Å². The average molecular weight is 221 g/mol. The number of hydrazine groups is 1. The van der Waals surface area contributed by atoms with Gasteiger partial charge in [0.15, 0.2) is 5.82 Å². The van der Waals surface area contributed by atoms with Crippen LogP contribution in [0.4, 0.5) is 11.6 Å². The quantitative estimate of drug-likeness (QED) is 0.563. The van der Waals surface area contributed by atoms with Crippen LogP contribution in [-0.2, 0) is 0 Å². The van der Waals surface area contributed by atoms with Crippen LogP contribution in [0.3, 0.4) is 0 Å². The Bertz CT molecular complexity index is 337. The molecule has 16 heavy (non-hydrogen) atoms. The Balaban J connectivity index is 2.10. The molecule has 1 heterocycles. The van der Waals surface area contributed by atoms with Gasteiger partial charge in [-0.15, -0.1) is 0 Å². The fraction of sp³-hybridized carbons (Fsp3) is 0.636. The highest BCUT2D eigenvalue weighted by Crippen LogP contribution is 2.30. The van der Waals surface area contributed by atoms with E-state index in [9.17, 15) is 0 Å². The Morgan fingerprint density at radius 3 is 2.94 bits per heavy atom. The summed E-state index contributed by atoms with van der Waals surface area (Å²) in [5.74, 6) is 6.90. The first-order valence-corrected chi connectivity index (χ1v) is 5.90. The fourth-order valence-corrected chi connectivity index (χ4v) is 1.76. The maximum Gasteiger partial charge on any atom is 0.160 e. The van der Waals surface area contributed by atoms with Crippen molar-refractivity contribution >= 4 is 11.6 Å². The van der Waals surface area contributed by atoms with Crippen molar-refractivity contribution < 1.29 is 0 Å². The van der Waals surface area contributed by atoms with E-state index in [1.165, 1.54) is 25.7 Å². The molecule has 0 unspecified atom stereocenters. The van der Waals surface area contributed by atoms with Crippen LogP contribution in [0.5, 0.6) is 0 Å². The topological polar surface area (TPSA) is 67.1 Å². The first kappa shape index (κ1) is 11.1. The number of hydrogen-bond donors (Lipinski definition) is 2. The maximum atomic E-state index is 5.34. The first-order chi connectivity index (χ1) is 7.85. The van der Waals surface area contributed by atoms with E-state index < -0.39 is 0 Å². The van der Waals surface area contributed by atoms with Gasteiger partial charge in [0.05, 0.1) is 12.4 Å². The van der Waals surface area contributed by atoms with Gasteiger partial charge in [0.25, 0.3) is 0 Å². The molecule has 1 aromatic heterocycles. The number of nitrogens with two attached hydrogens (primary N) is 1. The molecule has 88 valence electrons. The summed E-state index contributed by atoms with van der Waals surface area (Å²) in [5.41, 5.74) is 2.54. The van der Waals surface area contributed by atoms with Crippen LogP contribution in [0.1, 0.15) is 32.6 Å². The molecule has 1 fully saturated rings. The molecule has 0 amide bonds. The summed E-state index contributed by atoms with van der Waals surface area (Å²) < 4.78 is 0. The van der Waals surface area contributed by atoms with E-state index in [-0.39, 0.29) is 0 Å². The number of rotatable bonds is 6. The minimum Gasteiger partial charge on any atom is -0.352 e. The summed E-state index contributed by atoms with van der Waals surface area (Å²) in [6.45, 7) is 3.26. The first-order valence-electron chi connectivity index (χ1n) is 5.90. The Kier molecular flexibility index (Phi) is 3.56. The Morgan fingerprint density at radius 2 is 2.31 bits per heavy atom. The maximum absolute atomic E-state index is 5.34. The Labute approximate surface area is 96.0 Å². The standard InChI is InChI=1S/C11H19N5/c1-2-3-6-16(9-4-5-9)11-8-13-7-10(14-11)15-12/h7-9H,2-6,12H2,1H3,(H,14,15). The van der Waals surface area contributed by atoms with Crippen LogP contribution in [-0.4, -0.2) is 22.6 Å². The molecular weight excluding hydrogens is 202 g/mol. The van der Waals surface area contributed by atoms with Gasteiger partial charge < -0.3 is 10.3 Å². The lowest BCUT2D eigenvalue weighted by atomic mass is 10.3. The molecule has 0 aliphatic heterocycles. The minimum atomic E-state index is 0.625. The van der Waals surface area contributed by atoms with Gasteiger partial charge in [-0.25, -0.2) is 10.8 Å². The molecule has 0 atom stereocenters. The van der Waals surface area contributed by atoms with E-state index in [4.69, 9.17) is 5.84 Å². The molecule has 0 aromatic carbocycles. The molecule has 3 N–H and O–H groups in total. The highest BCUT2D eigenvalue weighted by Gasteiger charge is 2.29. The lowest BCUT2D eigenvalue weighted by molar-refractivity contribution is 0.703. The number of nitrogens with one attached hydrogen (secondary N) is 1. The third kappa shape index (κ3) is 2.61. The second kappa shape index (κ2) is 5.12. The summed E-state index contributed by atoms with van der Waals surface area (Å²) in [6.07, 6.45) is 8.38. The Morgan fingerprint density at radius 1 is 1.50 bits per heavy atom. The third-order valence-electron chi connectivity index (χ3n) is 2.80. The van der Waals surface area contributed by atoms with E-state index in [1.807, 2.05) is 6.20 Å². The van der Waals surface area contributed by atoms with E-state index in [0.29, 0.717) is 11.9 Å². The summed E-state index contributed by atoms with van der Waals surface area (Å²) in [6, 6.07) is 0.661. The van der Waals surface area contributed by atoms with Crippen LogP contribution >= 0.6 is 0 Å². The van der Waals surface area contributed by atoms with Crippen molar-refractivity contribution in [2.24, 2.45) is 5.84 Å². The number of hydrogen-bond acceptors (Lipinski definition) is 5. The van der Waals surface area contributed by atoms with Crippen LogP contribution in [0.2, 0.25) is 0 Å². The van der Waals surface area contributed by atoms with Gasteiger partial charge in [0.1, 0.15) is 5.82 Å². The predicted octanol–water partition coefficient (Wildman–Crippen LogP) is 1.53. The van der Waals surface area contributed by atoms with E-state index in [0.717, 1.165) is 12.4 Å². The molecule has 0 spiro atoms. The molecular formula is C11H19N5. The Hall–Kier alpha value is -1.36. The number of nitrogen functional groups attached to an aromatic ring is 1. The van der Waals surface area contributed by atoms with Crippen molar-refractivity contribution in [3.63, 3.8) is 0 Å². The average Bonchev–Trinajstić information content (AvgIpc) is 3.14. The van der Waals surface area contributed by atoms with Crippen LogP contribution in [0, 0.1) is 0 Å². The number of unbranched alkanes of at least 4 members (excludes halogenated alkanes) is 1. The van der Waals surface area contributed by atoms with E-state index >= 15 is 0 Å². The highest BCUT2D eigenvalue weighted by molar-refractivity contribution is 5.45. The summed E-state index contributed by atoms with van der Waals surface area (Å²) in [5, 5.41) is 0. The van der Waals surface area contributed by atoms with Gasteiger partial charge in [0, 0.05) is 12.6 Å². The second-order valence-corrected chi connectivity index (χ2v) is 4.18. The molecule has 1 saturated carbocycles. The molecule has 5 heteroatoms. The normalized spacial score (nSPS) is 14.9. The fourth-order valence-electron chi connectivity index (χ4n) is 1.76. The summed E-state index contributed by atoms with van der Waals surface area (Å²) >= 11 is 0. The molecule has 5 nitrogen and oxygen atoms in total. The molecule has 0 saturated heterocycles. The SMILES string of the molecule is CCCCN(c1cncc(NN)n1)C1CC1. The molecule has 1 aromatic rings. The molecule has 0 radical (unpaired) electrons. The van der Waals surface area contributed by atoms with Crippen molar-refractivity contribution in [3.8, 4) is 0 Å². The van der Waals surface area contributed by atoms with Crippen molar-refractivity contribution in [1.29, 1.82) is 0 Å². The minimum absolute atomic E-state index is 0.625. The second-order valence-electron chi connectivity index (χ2n) is 4.18. The lowest BCUT2D eigenvalue weighted by Crippen LogP contribution is -2.28. The largest absolute Gasteiger partial charge is 0.352 e. The van der Waals surface area contributed by atoms with Crippen molar-refractivity contribution in [1.82, 2.24) is 9.97 Å². The van der Waals surface area contributed by atoms with Crippen LogP contribution < -0.4 is 16.2 Å². The lowest BCUT2D eigenvalue weighted by Gasteiger charge is -2.23. The zero-order chi connectivity index (χ0) is 11.4. The number of nitrogens with zero attached hydrogens (tertiary/aromatic N) is 3. The van der Waals surface area contributed by atoms with E-state index in [1.54, 1.807) is 6.20 Å². The van der Waals surface area contributed by atoms with Crippen molar-refractivity contribution in [3.05, 3.63) is 12.4 Å². The number of aromatic nitrogens is 2. The highest BCUT2D eigenvalue weighted by atomic mass is 15.3. The van der Waals surface area contributed by atoms with Crippen molar-refractivity contribution in [2.45, 2.75) is 38.6 Å². The van der Waals surface area contributed by atoms with Gasteiger partial charge >= 0.3 is 0 Å². The van der Waals surface area contributed by atoms with Gasteiger partial charge in [-0.2, -0.15) is 0 Å².